The number of nitrogens with one attached hydrogen (secondary N) is 3. The predicted molar refractivity (Wildman–Crippen MR) is 91.7 cm³/mol. The molecule has 1 aromatic carbocycles. The van der Waals surface area contributed by atoms with E-state index in [4.69, 9.17) is 0 Å². The molecule has 3 N–H and O–H groups in total. The lowest BCUT2D eigenvalue weighted by molar-refractivity contribution is -0.143. The van der Waals surface area contributed by atoms with Gasteiger partial charge >= 0.3 is 11.9 Å². The van der Waals surface area contributed by atoms with Gasteiger partial charge in [0.2, 0.25) is 5.91 Å². The molecule has 0 aliphatic heterocycles. The third-order valence-electron chi connectivity index (χ3n) is 2.93. The largest absolute Gasteiger partial charge is 0.465 e. The number of carbonyl (C=O) groups excluding carboxylic acids is 4. The summed E-state index contributed by atoms with van der Waals surface area (Å²) in [6.45, 7) is 1.40. The van der Waals surface area contributed by atoms with Gasteiger partial charge in [-0.05, 0) is 19.1 Å². The van der Waals surface area contributed by atoms with Gasteiger partial charge in [-0.25, -0.2) is 4.79 Å². The van der Waals surface area contributed by atoms with Crippen LogP contribution < -0.4 is 16.0 Å². The minimum absolute atomic E-state index is 0.167. The summed E-state index contributed by atoms with van der Waals surface area (Å²) in [5, 5.41) is 7.32. The van der Waals surface area contributed by atoms with E-state index in [1.165, 1.54) is 0 Å². The number of ether oxygens (including phenoxy) is 2. The van der Waals surface area contributed by atoms with E-state index in [9.17, 15) is 19.2 Å². The minimum Gasteiger partial charge on any atom is -0.465 e. The van der Waals surface area contributed by atoms with Crippen molar-refractivity contribution in [2.45, 2.75) is 6.92 Å². The van der Waals surface area contributed by atoms with Gasteiger partial charge in [0.05, 0.1) is 20.3 Å². The van der Waals surface area contributed by atoms with Crippen LogP contribution in [0.4, 0.5) is 0 Å². The third-order valence-corrected chi connectivity index (χ3v) is 2.93. The van der Waals surface area contributed by atoms with Crippen molar-refractivity contribution in [3.63, 3.8) is 0 Å². The zero-order valence-electron chi connectivity index (χ0n) is 14.5. The van der Waals surface area contributed by atoms with Gasteiger partial charge in [-0.15, -0.1) is 0 Å². The molecule has 0 atom stereocenters. The van der Waals surface area contributed by atoms with Gasteiger partial charge in [-0.3, -0.25) is 14.4 Å². The van der Waals surface area contributed by atoms with Crippen molar-refractivity contribution in [3.05, 3.63) is 47.8 Å². The number of rotatable bonds is 9. The molecule has 2 amide bonds. The number of hydrogen-bond donors (Lipinski definition) is 3. The molecule has 0 bridgehead atoms. The first-order chi connectivity index (χ1) is 12.5. The van der Waals surface area contributed by atoms with Crippen LogP contribution in [0.1, 0.15) is 17.3 Å². The van der Waals surface area contributed by atoms with Gasteiger partial charge in [0.25, 0.3) is 5.91 Å². The van der Waals surface area contributed by atoms with Crippen molar-refractivity contribution in [1.29, 1.82) is 0 Å². The Morgan fingerprint density at radius 1 is 1.08 bits per heavy atom. The van der Waals surface area contributed by atoms with Gasteiger partial charge in [-0.2, -0.15) is 0 Å². The molecule has 140 valence electrons. The van der Waals surface area contributed by atoms with E-state index < -0.39 is 23.8 Å². The fourth-order valence-electron chi connectivity index (χ4n) is 1.73. The molecular formula is C17H21N3O6. The maximum absolute atomic E-state index is 12.1. The predicted octanol–water partition coefficient (Wildman–Crippen LogP) is -0.300. The summed E-state index contributed by atoms with van der Waals surface area (Å²) < 4.78 is 9.26. The topological polar surface area (TPSA) is 123 Å². The van der Waals surface area contributed by atoms with Gasteiger partial charge in [0.15, 0.2) is 0 Å². The second-order valence-electron chi connectivity index (χ2n) is 4.83. The SMILES string of the molecule is CCOC(=O)CNC(=O)CN/C=C(/NC(=O)c1ccccc1)C(=O)OC. The molecule has 0 unspecified atom stereocenters. The number of carbonyl (C=O) groups is 4. The summed E-state index contributed by atoms with van der Waals surface area (Å²) in [6.07, 6.45) is 1.15. The molecule has 0 aliphatic rings. The van der Waals surface area contributed by atoms with Gasteiger partial charge in [0.1, 0.15) is 12.2 Å². The monoisotopic (exact) mass is 363 g/mol. The molecule has 0 radical (unpaired) electrons. The van der Waals surface area contributed by atoms with Crippen LogP contribution >= 0.6 is 0 Å². The van der Waals surface area contributed by atoms with E-state index in [0.29, 0.717) is 5.56 Å². The Bertz CT molecular complexity index is 672. The lowest BCUT2D eigenvalue weighted by Crippen LogP contribution is -2.37. The highest BCUT2D eigenvalue weighted by Gasteiger charge is 2.14. The maximum atomic E-state index is 12.1. The van der Waals surface area contributed by atoms with E-state index in [1.54, 1.807) is 37.3 Å². The second-order valence-corrected chi connectivity index (χ2v) is 4.83. The summed E-state index contributed by atoms with van der Waals surface area (Å²) in [6, 6.07) is 8.29. The van der Waals surface area contributed by atoms with Crippen LogP contribution in [0.3, 0.4) is 0 Å². The molecule has 0 fully saturated rings. The van der Waals surface area contributed by atoms with Crippen LogP contribution in [0.2, 0.25) is 0 Å². The summed E-state index contributed by atoms with van der Waals surface area (Å²) in [5.74, 6) is -2.33. The molecule has 0 saturated carbocycles. The molecule has 0 spiro atoms. The van der Waals surface area contributed by atoms with Crippen LogP contribution in [0.25, 0.3) is 0 Å². The highest BCUT2D eigenvalue weighted by atomic mass is 16.5. The van der Waals surface area contributed by atoms with Crippen molar-refractivity contribution in [1.82, 2.24) is 16.0 Å². The summed E-state index contributed by atoms with van der Waals surface area (Å²) in [4.78, 5) is 46.6. The van der Waals surface area contributed by atoms with Gasteiger partial charge < -0.3 is 25.4 Å². The van der Waals surface area contributed by atoms with Crippen molar-refractivity contribution >= 4 is 23.8 Å². The Labute approximate surface area is 150 Å². The summed E-state index contributed by atoms with van der Waals surface area (Å²) in [5.41, 5.74) is 0.189. The summed E-state index contributed by atoms with van der Waals surface area (Å²) >= 11 is 0. The van der Waals surface area contributed by atoms with Crippen LogP contribution in [0, 0.1) is 0 Å². The molecule has 9 nitrogen and oxygen atoms in total. The van der Waals surface area contributed by atoms with E-state index in [1.807, 2.05) is 0 Å². The lowest BCUT2D eigenvalue weighted by atomic mass is 10.2. The first-order valence-electron chi connectivity index (χ1n) is 7.78. The molecule has 1 rings (SSSR count). The zero-order chi connectivity index (χ0) is 19.4. The molecule has 0 aliphatic carbocycles. The normalized spacial score (nSPS) is 10.5. The Morgan fingerprint density at radius 2 is 1.77 bits per heavy atom. The van der Waals surface area contributed by atoms with E-state index in [-0.39, 0.29) is 25.4 Å². The Balaban J connectivity index is 2.58. The Morgan fingerprint density at radius 3 is 2.38 bits per heavy atom. The van der Waals surface area contributed by atoms with E-state index in [0.717, 1.165) is 13.3 Å². The standard InChI is InChI=1S/C17H21N3O6/c1-3-26-15(22)11-19-14(21)10-18-9-13(17(24)25-2)20-16(23)12-7-5-4-6-8-12/h4-9,18H,3,10-11H2,1-2H3,(H,19,21)(H,20,23)/b13-9+. The fourth-order valence-corrected chi connectivity index (χ4v) is 1.73. The smallest absolute Gasteiger partial charge is 0.356 e. The summed E-state index contributed by atoms with van der Waals surface area (Å²) in [7, 11) is 1.16. The number of esters is 2. The highest BCUT2D eigenvalue weighted by Crippen LogP contribution is 2.00. The van der Waals surface area contributed by atoms with Crippen LogP contribution in [-0.2, 0) is 23.9 Å². The third kappa shape index (κ3) is 7.47. The molecule has 0 heterocycles. The molecule has 26 heavy (non-hydrogen) atoms. The number of hydrogen-bond acceptors (Lipinski definition) is 7. The fraction of sp³-hybridized carbons (Fsp3) is 0.294. The van der Waals surface area contributed by atoms with E-state index >= 15 is 0 Å². The van der Waals surface area contributed by atoms with E-state index in [2.05, 4.69) is 25.4 Å². The number of methoxy groups -OCH3 is 1. The average molecular weight is 363 g/mol. The van der Waals surface area contributed by atoms with Crippen LogP contribution in [-0.4, -0.2) is 50.6 Å². The van der Waals surface area contributed by atoms with Crippen molar-refractivity contribution < 1.29 is 28.7 Å². The average Bonchev–Trinajstić information content (AvgIpc) is 2.65. The molecular weight excluding hydrogens is 342 g/mol. The zero-order valence-corrected chi connectivity index (χ0v) is 14.5. The first-order valence-corrected chi connectivity index (χ1v) is 7.78. The Hall–Kier alpha value is -3.36. The van der Waals surface area contributed by atoms with Crippen LogP contribution in [0.15, 0.2) is 42.2 Å². The van der Waals surface area contributed by atoms with Gasteiger partial charge in [0, 0.05) is 11.8 Å². The first kappa shape index (κ1) is 20.7. The van der Waals surface area contributed by atoms with Crippen LogP contribution in [0.5, 0.6) is 0 Å². The van der Waals surface area contributed by atoms with Crippen molar-refractivity contribution in [3.8, 4) is 0 Å². The molecule has 9 heteroatoms. The highest BCUT2D eigenvalue weighted by molar-refractivity contribution is 6.01. The lowest BCUT2D eigenvalue weighted by Gasteiger charge is -2.09. The molecule has 0 aromatic heterocycles. The van der Waals surface area contributed by atoms with Crippen molar-refractivity contribution in [2.24, 2.45) is 0 Å². The number of amides is 2. The molecule has 1 aromatic rings. The molecule has 0 saturated heterocycles. The van der Waals surface area contributed by atoms with Crippen molar-refractivity contribution in [2.75, 3.05) is 26.8 Å². The maximum Gasteiger partial charge on any atom is 0.356 e. The second kappa shape index (κ2) is 11.2. The minimum atomic E-state index is -0.784. The quantitative estimate of drug-likeness (QED) is 0.407. The van der Waals surface area contributed by atoms with Gasteiger partial charge in [-0.1, -0.05) is 18.2 Å². The number of benzene rings is 1. The Kier molecular flexibility index (Phi) is 8.94.